The molecule has 0 radical (unpaired) electrons. The van der Waals surface area contributed by atoms with Gasteiger partial charge in [-0.05, 0) is 38.5 Å². The fourth-order valence-corrected chi connectivity index (χ4v) is 1.33. The van der Waals surface area contributed by atoms with E-state index < -0.39 is 23.6 Å². The summed E-state index contributed by atoms with van der Waals surface area (Å²) in [4.78, 5) is 11.3. The highest BCUT2D eigenvalue weighted by Gasteiger charge is 2.17. The number of ether oxygens (including phenoxy) is 1. The lowest BCUT2D eigenvalue weighted by Gasteiger charge is -2.20. The van der Waals surface area contributed by atoms with Crippen molar-refractivity contribution in [2.24, 2.45) is 0 Å². The lowest BCUT2D eigenvalue weighted by molar-refractivity contribution is 0.0492. The minimum absolute atomic E-state index is 0.0294. The molecule has 1 rings (SSSR count). The highest BCUT2D eigenvalue weighted by molar-refractivity contribution is 5.67. The zero-order valence-corrected chi connectivity index (χ0v) is 10.7. The van der Waals surface area contributed by atoms with Gasteiger partial charge >= 0.3 is 6.09 Å². The Hall–Kier alpha value is -1.62. The molecule has 0 heterocycles. The molecule has 1 amide bonds. The number of aliphatic hydroxyl groups is 1. The number of carbonyl (C=O) groups excluding carboxylic acids is 1. The number of alkyl carbamates (subject to hydrolysis) is 1. The summed E-state index contributed by atoms with van der Waals surface area (Å²) in [7, 11) is 0. The topological polar surface area (TPSA) is 58.6 Å². The Morgan fingerprint density at radius 2 is 2.17 bits per heavy atom. The maximum atomic E-state index is 12.9. The van der Waals surface area contributed by atoms with E-state index in [1.165, 1.54) is 18.2 Å². The molecule has 4 nitrogen and oxygen atoms in total. The van der Waals surface area contributed by atoms with Crippen LogP contribution in [0, 0.1) is 5.82 Å². The first kappa shape index (κ1) is 14.4. The Balaban J connectivity index is 2.46. The number of amides is 1. The SMILES string of the molecule is CC(C)(C)OC(=O)NCC(O)c1cccc(F)c1. The molecule has 0 aliphatic carbocycles. The predicted octanol–water partition coefficient (Wildman–Crippen LogP) is 2.38. The highest BCUT2D eigenvalue weighted by atomic mass is 19.1. The molecule has 2 N–H and O–H groups in total. The summed E-state index contributed by atoms with van der Waals surface area (Å²) in [6.45, 7) is 5.21. The van der Waals surface area contributed by atoms with E-state index in [1.807, 2.05) is 0 Å². The fourth-order valence-electron chi connectivity index (χ4n) is 1.33. The van der Waals surface area contributed by atoms with Crippen molar-refractivity contribution in [1.29, 1.82) is 0 Å². The van der Waals surface area contributed by atoms with Crippen molar-refractivity contribution in [3.05, 3.63) is 35.6 Å². The molecule has 0 fully saturated rings. The predicted molar refractivity (Wildman–Crippen MR) is 65.6 cm³/mol. The van der Waals surface area contributed by atoms with Crippen molar-refractivity contribution in [2.45, 2.75) is 32.5 Å². The number of hydrogen-bond acceptors (Lipinski definition) is 3. The summed E-state index contributed by atoms with van der Waals surface area (Å²) in [5.41, 5.74) is -0.181. The zero-order valence-electron chi connectivity index (χ0n) is 10.7. The summed E-state index contributed by atoms with van der Waals surface area (Å²) >= 11 is 0. The molecule has 1 aromatic carbocycles. The molecule has 1 atom stereocenters. The lowest BCUT2D eigenvalue weighted by atomic mass is 10.1. The van der Waals surface area contributed by atoms with Crippen molar-refractivity contribution in [3.8, 4) is 0 Å². The maximum Gasteiger partial charge on any atom is 0.407 e. The Morgan fingerprint density at radius 3 is 2.72 bits per heavy atom. The third kappa shape index (κ3) is 5.14. The van der Waals surface area contributed by atoms with Gasteiger partial charge in [0.15, 0.2) is 0 Å². The Bertz CT molecular complexity index is 415. The Kier molecular flexibility index (Phi) is 4.67. The van der Waals surface area contributed by atoms with Crippen LogP contribution in [0.1, 0.15) is 32.4 Å². The second-order valence-corrected chi connectivity index (χ2v) is 4.95. The molecule has 1 unspecified atom stereocenters. The van der Waals surface area contributed by atoms with Crippen molar-refractivity contribution in [3.63, 3.8) is 0 Å². The first-order valence-corrected chi connectivity index (χ1v) is 5.68. The van der Waals surface area contributed by atoms with Crippen LogP contribution in [0.5, 0.6) is 0 Å². The monoisotopic (exact) mass is 255 g/mol. The van der Waals surface area contributed by atoms with Gasteiger partial charge in [-0.3, -0.25) is 0 Å². The van der Waals surface area contributed by atoms with Gasteiger partial charge in [-0.2, -0.15) is 0 Å². The van der Waals surface area contributed by atoms with Crippen molar-refractivity contribution in [1.82, 2.24) is 5.32 Å². The molecular formula is C13H18FNO3. The van der Waals surface area contributed by atoms with Gasteiger partial charge in [-0.1, -0.05) is 12.1 Å². The van der Waals surface area contributed by atoms with Crippen LogP contribution in [0.15, 0.2) is 24.3 Å². The molecule has 0 aliphatic rings. The molecule has 0 aliphatic heterocycles. The summed E-state index contributed by atoms with van der Waals surface area (Å²) < 4.78 is 17.9. The van der Waals surface area contributed by atoms with Crippen LogP contribution in [-0.4, -0.2) is 23.3 Å². The molecule has 0 bridgehead atoms. The van der Waals surface area contributed by atoms with E-state index in [2.05, 4.69) is 5.32 Å². The molecular weight excluding hydrogens is 237 g/mol. The van der Waals surface area contributed by atoms with Crippen molar-refractivity contribution >= 4 is 6.09 Å². The van der Waals surface area contributed by atoms with Gasteiger partial charge in [0.05, 0.1) is 12.6 Å². The molecule has 1 aromatic rings. The van der Waals surface area contributed by atoms with Crippen LogP contribution < -0.4 is 5.32 Å². The number of aliphatic hydroxyl groups excluding tert-OH is 1. The van der Waals surface area contributed by atoms with Crippen molar-refractivity contribution < 1.29 is 19.0 Å². The molecule has 0 saturated heterocycles. The van der Waals surface area contributed by atoms with Gasteiger partial charge in [0.2, 0.25) is 0 Å². The van der Waals surface area contributed by atoms with Gasteiger partial charge < -0.3 is 15.2 Å². The third-order valence-corrected chi connectivity index (χ3v) is 2.07. The Labute approximate surface area is 106 Å². The van der Waals surface area contributed by atoms with E-state index >= 15 is 0 Å². The Morgan fingerprint density at radius 1 is 1.50 bits per heavy atom. The summed E-state index contributed by atoms with van der Waals surface area (Å²) in [6.07, 6.45) is -1.58. The van der Waals surface area contributed by atoms with E-state index in [0.717, 1.165) is 0 Å². The van der Waals surface area contributed by atoms with Gasteiger partial charge in [0.1, 0.15) is 11.4 Å². The minimum Gasteiger partial charge on any atom is -0.444 e. The second-order valence-electron chi connectivity index (χ2n) is 4.95. The fraction of sp³-hybridized carbons (Fsp3) is 0.462. The normalized spacial score (nSPS) is 12.9. The van der Waals surface area contributed by atoms with Crippen LogP contribution in [0.3, 0.4) is 0 Å². The summed E-state index contributed by atoms with van der Waals surface area (Å²) in [5, 5.41) is 12.2. The highest BCUT2D eigenvalue weighted by Crippen LogP contribution is 2.13. The number of benzene rings is 1. The van der Waals surface area contributed by atoms with E-state index in [1.54, 1.807) is 26.8 Å². The molecule has 0 aromatic heterocycles. The standard InChI is InChI=1S/C13H18FNO3/c1-13(2,3)18-12(17)15-8-11(16)9-5-4-6-10(14)7-9/h4-7,11,16H,8H2,1-3H3,(H,15,17). The molecule has 5 heteroatoms. The van der Waals surface area contributed by atoms with Crippen LogP contribution >= 0.6 is 0 Å². The summed E-state index contributed by atoms with van der Waals surface area (Å²) in [6, 6.07) is 5.60. The van der Waals surface area contributed by atoms with Crippen LogP contribution in [0.4, 0.5) is 9.18 Å². The lowest BCUT2D eigenvalue weighted by Crippen LogP contribution is -2.34. The first-order chi connectivity index (χ1) is 8.28. The largest absolute Gasteiger partial charge is 0.444 e. The number of nitrogens with one attached hydrogen (secondary N) is 1. The first-order valence-electron chi connectivity index (χ1n) is 5.68. The van der Waals surface area contributed by atoms with Gasteiger partial charge in [0, 0.05) is 0 Å². The van der Waals surface area contributed by atoms with Crippen LogP contribution in [0.25, 0.3) is 0 Å². The third-order valence-electron chi connectivity index (χ3n) is 2.07. The van der Waals surface area contributed by atoms with E-state index in [-0.39, 0.29) is 6.54 Å². The molecule has 0 spiro atoms. The molecule has 0 saturated carbocycles. The van der Waals surface area contributed by atoms with Gasteiger partial charge in [0.25, 0.3) is 0 Å². The smallest absolute Gasteiger partial charge is 0.407 e. The number of halogens is 1. The van der Waals surface area contributed by atoms with E-state index in [0.29, 0.717) is 5.56 Å². The van der Waals surface area contributed by atoms with Crippen molar-refractivity contribution in [2.75, 3.05) is 6.54 Å². The van der Waals surface area contributed by atoms with Crippen LogP contribution in [0.2, 0.25) is 0 Å². The summed E-state index contributed by atoms with van der Waals surface area (Å²) in [5.74, 6) is -0.427. The minimum atomic E-state index is -0.965. The molecule has 100 valence electrons. The number of rotatable bonds is 3. The quantitative estimate of drug-likeness (QED) is 0.871. The van der Waals surface area contributed by atoms with Crippen LogP contribution in [-0.2, 0) is 4.74 Å². The number of hydrogen-bond donors (Lipinski definition) is 2. The molecule has 18 heavy (non-hydrogen) atoms. The number of carbonyl (C=O) groups is 1. The van der Waals surface area contributed by atoms with Gasteiger partial charge in [-0.15, -0.1) is 0 Å². The second kappa shape index (κ2) is 5.82. The average molecular weight is 255 g/mol. The van der Waals surface area contributed by atoms with E-state index in [4.69, 9.17) is 4.74 Å². The average Bonchev–Trinajstić information content (AvgIpc) is 2.23. The maximum absolute atomic E-state index is 12.9. The van der Waals surface area contributed by atoms with Gasteiger partial charge in [-0.25, -0.2) is 9.18 Å². The van der Waals surface area contributed by atoms with E-state index in [9.17, 15) is 14.3 Å². The zero-order chi connectivity index (χ0) is 13.8.